The molecule has 162 valence electrons. The van der Waals surface area contributed by atoms with Crippen molar-refractivity contribution in [2.24, 2.45) is 5.41 Å². The monoisotopic (exact) mass is 405 g/mol. The summed E-state index contributed by atoms with van der Waals surface area (Å²) in [6.45, 7) is 13.6. The standard InChI is InChI=1S/C22H35N3O4/c1-21(2,3)15-22(4,5)23-12-18-13-25(20(27)29-18)17-8-6-16(7-9-17)24-10-11-28-14-19(24)26/h6-9,18,20,23,27H,10-15H2,1-5H3. The quantitative estimate of drug-likeness (QED) is 0.757. The molecule has 2 N–H and O–H groups in total. The molecule has 0 saturated carbocycles. The van der Waals surface area contributed by atoms with Crippen LogP contribution in [0.25, 0.3) is 0 Å². The summed E-state index contributed by atoms with van der Waals surface area (Å²) in [6, 6.07) is 7.65. The Morgan fingerprint density at radius 2 is 1.79 bits per heavy atom. The Hall–Kier alpha value is -1.67. The van der Waals surface area contributed by atoms with Crippen molar-refractivity contribution in [1.29, 1.82) is 0 Å². The van der Waals surface area contributed by atoms with Crippen molar-refractivity contribution < 1.29 is 19.4 Å². The van der Waals surface area contributed by atoms with Gasteiger partial charge in [-0.1, -0.05) is 20.8 Å². The number of anilines is 2. The first-order valence-corrected chi connectivity index (χ1v) is 10.4. The van der Waals surface area contributed by atoms with Crippen LogP contribution in [0.3, 0.4) is 0 Å². The minimum atomic E-state index is -0.969. The number of morpholine rings is 1. The summed E-state index contributed by atoms with van der Waals surface area (Å²) < 4.78 is 10.9. The summed E-state index contributed by atoms with van der Waals surface area (Å²) in [5, 5.41) is 14.0. The molecule has 2 unspecified atom stereocenters. The van der Waals surface area contributed by atoms with Gasteiger partial charge in [0.25, 0.3) is 5.91 Å². The molecule has 1 aromatic carbocycles. The van der Waals surface area contributed by atoms with E-state index in [-0.39, 0.29) is 29.6 Å². The first kappa shape index (κ1) is 22.0. The number of carbonyl (C=O) groups excluding carboxylic acids is 1. The van der Waals surface area contributed by atoms with E-state index in [4.69, 9.17) is 9.47 Å². The second-order valence-corrected chi connectivity index (χ2v) is 9.85. The number of amides is 1. The molecule has 2 heterocycles. The van der Waals surface area contributed by atoms with Gasteiger partial charge in [0, 0.05) is 30.0 Å². The molecular weight excluding hydrogens is 370 g/mol. The number of aliphatic hydroxyl groups excluding tert-OH is 1. The Morgan fingerprint density at radius 3 is 2.41 bits per heavy atom. The molecule has 0 aliphatic carbocycles. The highest BCUT2D eigenvalue weighted by atomic mass is 16.6. The Balaban J connectivity index is 1.57. The topological polar surface area (TPSA) is 74.3 Å². The van der Waals surface area contributed by atoms with E-state index in [2.05, 4.69) is 39.9 Å². The van der Waals surface area contributed by atoms with Gasteiger partial charge in [0.2, 0.25) is 6.41 Å². The third kappa shape index (κ3) is 5.92. The van der Waals surface area contributed by atoms with E-state index >= 15 is 0 Å². The van der Waals surface area contributed by atoms with Gasteiger partial charge in [0.05, 0.1) is 19.3 Å². The Morgan fingerprint density at radius 1 is 1.14 bits per heavy atom. The van der Waals surface area contributed by atoms with Crippen LogP contribution in [-0.2, 0) is 14.3 Å². The van der Waals surface area contributed by atoms with Gasteiger partial charge in [0.1, 0.15) is 6.61 Å². The van der Waals surface area contributed by atoms with Crippen molar-refractivity contribution in [3.05, 3.63) is 24.3 Å². The molecule has 7 heteroatoms. The van der Waals surface area contributed by atoms with E-state index < -0.39 is 6.41 Å². The number of rotatable bonds is 6. The fourth-order valence-corrected chi connectivity index (χ4v) is 4.34. The largest absolute Gasteiger partial charge is 0.370 e. The molecule has 1 amide bonds. The number of hydrogen-bond acceptors (Lipinski definition) is 6. The van der Waals surface area contributed by atoms with E-state index in [0.717, 1.165) is 17.8 Å². The van der Waals surface area contributed by atoms with Crippen LogP contribution >= 0.6 is 0 Å². The second kappa shape index (κ2) is 8.60. The molecule has 0 radical (unpaired) electrons. The molecule has 2 atom stereocenters. The van der Waals surface area contributed by atoms with Crippen molar-refractivity contribution in [1.82, 2.24) is 5.32 Å². The first-order valence-electron chi connectivity index (χ1n) is 10.4. The number of nitrogens with zero attached hydrogens (tertiary/aromatic N) is 2. The van der Waals surface area contributed by atoms with Gasteiger partial charge in [-0.2, -0.15) is 0 Å². The third-order valence-corrected chi connectivity index (χ3v) is 5.24. The van der Waals surface area contributed by atoms with Gasteiger partial charge in [-0.05, 0) is 49.9 Å². The number of hydrogen-bond donors (Lipinski definition) is 2. The van der Waals surface area contributed by atoms with Crippen LogP contribution in [0.15, 0.2) is 24.3 Å². The van der Waals surface area contributed by atoms with Gasteiger partial charge in [-0.15, -0.1) is 0 Å². The summed E-state index contributed by atoms with van der Waals surface area (Å²) in [4.78, 5) is 15.6. The lowest BCUT2D eigenvalue weighted by Crippen LogP contribution is -2.46. The summed E-state index contributed by atoms with van der Waals surface area (Å²) in [5.74, 6) is -0.0300. The van der Waals surface area contributed by atoms with E-state index in [1.54, 1.807) is 4.90 Å². The second-order valence-electron chi connectivity index (χ2n) is 9.85. The zero-order valence-corrected chi connectivity index (χ0v) is 18.3. The van der Waals surface area contributed by atoms with Gasteiger partial charge in [-0.25, -0.2) is 0 Å². The highest BCUT2D eigenvalue weighted by molar-refractivity contribution is 5.95. The lowest BCUT2D eigenvalue weighted by atomic mass is 9.82. The van der Waals surface area contributed by atoms with E-state index in [0.29, 0.717) is 26.2 Å². The minimum Gasteiger partial charge on any atom is -0.370 e. The van der Waals surface area contributed by atoms with Crippen LogP contribution in [0.2, 0.25) is 0 Å². The zero-order valence-electron chi connectivity index (χ0n) is 18.3. The molecule has 2 fully saturated rings. The zero-order chi connectivity index (χ0) is 21.2. The Kier molecular flexibility index (Phi) is 6.53. The molecule has 2 aliphatic rings. The van der Waals surface area contributed by atoms with Crippen molar-refractivity contribution in [3.63, 3.8) is 0 Å². The van der Waals surface area contributed by atoms with Crippen molar-refractivity contribution in [3.8, 4) is 0 Å². The van der Waals surface area contributed by atoms with Crippen LogP contribution < -0.4 is 15.1 Å². The molecule has 0 spiro atoms. The summed E-state index contributed by atoms with van der Waals surface area (Å²) in [7, 11) is 0. The Labute approximate surface area is 174 Å². The highest BCUT2D eigenvalue weighted by Gasteiger charge is 2.33. The number of nitrogens with one attached hydrogen (secondary N) is 1. The maximum Gasteiger partial charge on any atom is 0.253 e. The average molecular weight is 406 g/mol. The maximum atomic E-state index is 12.0. The van der Waals surface area contributed by atoms with Crippen LogP contribution in [0.4, 0.5) is 11.4 Å². The predicted molar refractivity (Wildman–Crippen MR) is 114 cm³/mol. The van der Waals surface area contributed by atoms with Gasteiger partial charge in [-0.3, -0.25) is 4.79 Å². The first-order chi connectivity index (χ1) is 13.5. The predicted octanol–water partition coefficient (Wildman–Crippen LogP) is 2.34. The molecule has 0 aromatic heterocycles. The van der Waals surface area contributed by atoms with Crippen LogP contribution in [-0.4, -0.2) is 61.9 Å². The van der Waals surface area contributed by atoms with Crippen molar-refractivity contribution in [2.45, 2.75) is 59.1 Å². The summed E-state index contributed by atoms with van der Waals surface area (Å²) >= 11 is 0. The molecule has 0 bridgehead atoms. The maximum absolute atomic E-state index is 12.0. The SMILES string of the molecule is CC(C)(C)CC(C)(C)NCC1CN(c2ccc(N3CCOCC3=O)cc2)C(O)O1. The minimum absolute atomic E-state index is 0.00761. The summed E-state index contributed by atoms with van der Waals surface area (Å²) in [5.41, 5.74) is 1.95. The third-order valence-electron chi connectivity index (χ3n) is 5.24. The molecule has 7 nitrogen and oxygen atoms in total. The highest BCUT2D eigenvalue weighted by Crippen LogP contribution is 2.29. The van der Waals surface area contributed by atoms with Gasteiger partial charge in [0.15, 0.2) is 0 Å². The molecule has 2 aliphatic heterocycles. The van der Waals surface area contributed by atoms with Crippen molar-refractivity contribution in [2.75, 3.05) is 42.6 Å². The number of aliphatic hydroxyl groups is 1. The number of carbonyl (C=O) groups is 1. The van der Waals surface area contributed by atoms with E-state index in [9.17, 15) is 9.90 Å². The number of benzene rings is 1. The van der Waals surface area contributed by atoms with Crippen LogP contribution in [0.5, 0.6) is 0 Å². The lowest BCUT2D eigenvalue weighted by Gasteiger charge is -2.34. The normalized spacial score (nSPS) is 23.7. The fraction of sp³-hybridized carbons (Fsp3) is 0.682. The molecular formula is C22H35N3O4. The van der Waals surface area contributed by atoms with Gasteiger partial charge >= 0.3 is 0 Å². The van der Waals surface area contributed by atoms with Crippen molar-refractivity contribution >= 4 is 17.3 Å². The fourth-order valence-electron chi connectivity index (χ4n) is 4.34. The lowest BCUT2D eigenvalue weighted by molar-refractivity contribution is -0.125. The molecule has 3 rings (SSSR count). The molecule has 2 saturated heterocycles. The van der Waals surface area contributed by atoms with Gasteiger partial charge < -0.3 is 29.7 Å². The Bertz CT molecular complexity index is 699. The molecule has 1 aromatic rings. The van der Waals surface area contributed by atoms with E-state index in [1.807, 2.05) is 29.2 Å². The summed E-state index contributed by atoms with van der Waals surface area (Å²) in [6.07, 6.45) is -0.0195. The van der Waals surface area contributed by atoms with Crippen LogP contribution in [0, 0.1) is 5.41 Å². The van der Waals surface area contributed by atoms with E-state index in [1.165, 1.54) is 0 Å². The average Bonchev–Trinajstić information content (AvgIpc) is 3.00. The number of ether oxygens (including phenoxy) is 2. The molecule has 29 heavy (non-hydrogen) atoms. The van der Waals surface area contributed by atoms with Crippen LogP contribution in [0.1, 0.15) is 41.0 Å². The smallest absolute Gasteiger partial charge is 0.253 e.